The van der Waals surface area contributed by atoms with Crippen molar-refractivity contribution < 1.29 is 13.9 Å². The minimum Gasteiger partial charge on any atom is -0.492 e. The molecule has 0 aromatic heterocycles. The van der Waals surface area contributed by atoms with Gasteiger partial charge in [-0.25, -0.2) is 4.39 Å². The molecule has 0 unspecified atom stereocenters. The first-order valence-corrected chi connectivity index (χ1v) is 10.5. The standard InChI is InChI=1S/C23H27ClFN3O2/c1-17-15-27(16-18-2-4-19(25)5-3-18)11-12-28(17)10-8-23(29)21-7-6-20(14-22(21)26)30-13-9-24/h2-8,10,14,17H,9,11-13,15-16,26H2,1H3/t17-/m1/s1. The molecule has 0 saturated carbocycles. The number of nitrogen functional groups attached to an aromatic ring is 1. The van der Waals surface area contributed by atoms with E-state index in [1.165, 1.54) is 12.1 Å². The molecular formula is C23H27ClFN3O2. The summed E-state index contributed by atoms with van der Waals surface area (Å²) in [7, 11) is 0. The van der Waals surface area contributed by atoms with Gasteiger partial charge in [-0.1, -0.05) is 12.1 Å². The van der Waals surface area contributed by atoms with E-state index < -0.39 is 0 Å². The molecule has 1 saturated heterocycles. The zero-order valence-electron chi connectivity index (χ0n) is 17.1. The second-order valence-corrected chi connectivity index (χ2v) is 7.79. The Kier molecular flexibility index (Phi) is 7.71. The Morgan fingerprint density at radius 2 is 2.03 bits per heavy atom. The van der Waals surface area contributed by atoms with Gasteiger partial charge in [0.15, 0.2) is 5.78 Å². The Labute approximate surface area is 181 Å². The van der Waals surface area contributed by atoms with Crippen molar-refractivity contribution in [2.24, 2.45) is 0 Å². The van der Waals surface area contributed by atoms with E-state index in [0.29, 0.717) is 29.5 Å². The number of allylic oxidation sites excluding steroid dienone is 1. The molecule has 2 aromatic carbocycles. The van der Waals surface area contributed by atoms with E-state index in [4.69, 9.17) is 22.1 Å². The predicted molar refractivity (Wildman–Crippen MR) is 118 cm³/mol. The van der Waals surface area contributed by atoms with Gasteiger partial charge in [-0.2, -0.15) is 0 Å². The van der Waals surface area contributed by atoms with E-state index in [1.54, 1.807) is 24.3 Å². The summed E-state index contributed by atoms with van der Waals surface area (Å²) in [6.07, 6.45) is 3.41. The molecule has 2 N–H and O–H groups in total. The molecule has 0 amide bonds. The molecule has 1 atom stereocenters. The highest BCUT2D eigenvalue weighted by molar-refractivity contribution is 6.18. The third-order valence-corrected chi connectivity index (χ3v) is 5.29. The fourth-order valence-corrected chi connectivity index (χ4v) is 3.60. The highest BCUT2D eigenvalue weighted by Crippen LogP contribution is 2.21. The fourth-order valence-electron chi connectivity index (χ4n) is 3.52. The number of hydrogen-bond donors (Lipinski definition) is 1. The molecule has 1 heterocycles. The van der Waals surface area contributed by atoms with Crippen LogP contribution < -0.4 is 10.5 Å². The van der Waals surface area contributed by atoms with Crippen molar-refractivity contribution in [1.29, 1.82) is 0 Å². The zero-order valence-corrected chi connectivity index (χ0v) is 17.8. The van der Waals surface area contributed by atoms with E-state index in [0.717, 1.165) is 31.7 Å². The van der Waals surface area contributed by atoms with Gasteiger partial charge in [0.2, 0.25) is 0 Å². The Balaban J connectivity index is 1.55. The van der Waals surface area contributed by atoms with E-state index in [2.05, 4.69) is 16.7 Å². The molecule has 5 nitrogen and oxygen atoms in total. The summed E-state index contributed by atoms with van der Waals surface area (Å²) in [6.45, 7) is 5.85. The van der Waals surface area contributed by atoms with Crippen LogP contribution in [0.5, 0.6) is 5.75 Å². The van der Waals surface area contributed by atoms with Crippen LogP contribution in [-0.4, -0.2) is 53.7 Å². The number of nitrogens with zero attached hydrogens (tertiary/aromatic N) is 2. The van der Waals surface area contributed by atoms with Gasteiger partial charge in [0.05, 0.1) is 5.88 Å². The number of nitrogens with two attached hydrogens (primary N) is 1. The molecule has 0 bridgehead atoms. The lowest BCUT2D eigenvalue weighted by Crippen LogP contribution is -2.49. The van der Waals surface area contributed by atoms with Crippen molar-refractivity contribution in [3.05, 3.63) is 71.7 Å². The molecule has 3 rings (SSSR count). The number of ether oxygens (including phenoxy) is 1. The maximum absolute atomic E-state index is 13.1. The largest absolute Gasteiger partial charge is 0.492 e. The van der Waals surface area contributed by atoms with Crippen LogP contribution in [0.2, 0.25) is 0 Å². The number of alkyl halides is 1. The molecule has 1 fully saturated rings. The zero-order chi connectivity index (χ0) is 21.5. The smallest absolute Gasteiger partial charge is 0.189 e. The van der Waals surface area contributed by atoms with Crippen molar-refractivity contribution in [1.82, 2.24) is 9.80 Å². The molecule has 0 aliphatic carbocycles. The number of piperazine rings is 1. The molecule has 30 heavy (non-hydrogen) atoms. The molecule has 2 aromatic rings. The Morgan fingerprint density at radius 1 is 1.27 bits per heavy atom. The Morgan fingerprint density at radius 3 is 2.70 bits per heavy atom. The van der Waals surface area contributed by atoms with Crippen LogP contribution in [0, 0.1) is 5.82 Å². The van der Waals surface area contributed by atoms with Crippen molar-refractivity contribution >= 4 is 23.1 Å². The van der Waals surface area contributed by atoms with E-state index in [9.17, 15) is 9.18 Å². The number of rotatable bonds is 8. The molecule has 160 valence electrons. The first-order chi connectivity index (χ1) is 14.5. The lowest BCUT2D eigenvalue weighted by molar-refractivity contribution is 0.103. The van der Waals surface area contributed by atoms with E-state index in [-0.39, 0.29) is 17.6 Å². The summed E-state index contributed by atoms with van der Waals surface area (Å²) < 4.78 is 18.5. The molecular weight excluding hydrogens is 405 g/mol. The molecule has 0 spiro atoms. The number of anilines is 1. The lowest BCUT2D eigenvalue weighted by atomic mass is 10.1. The average molecular weight is 432 g/mol. The number of ketones is 1. The van der Waals surface area contributed by atoms with Crippen molar-refractivity contribution in [2.75, 3.05) is 37.9 Å². The van der Waals surface area contributed by atoms with Crippen LogP contribution >= 0.6 is 11.6 Å². The lowest BCUT2D eigenvalue weighted by Gasteiger charge is -2.39. The van der Waals surface area contributed by atoms with Crippen molar-refractivity contribution in [2.45, 2.75) is 19.5 Å². The van der Waals surface area contributed by atoms with Crippen molar-refractivity contribution in [3.63, 3.8) is 0 Å². The minimum atomic E-state index is -0.218. The molecule has 0 radical (unpaired) electrons. The number of halogens is 2. The third-order valence-electron chi connectivity index (χ3n) is 5.13. The number of carbonyl (C=O) groups is 1. The topological polar surface area (TPSA) is 58.8 Å². The average Bonchev–Trinajstić information content (AvgIpc) is 2.73. The highest BCUT2D eigenvalue weighted by atomic mass is 35.5. The molecule has 7 heteroatoms. The third kappa shape index (κ3) is 5.97. The van der Waals surface area contributed by atoms with Gasteiger partial charge in [0.25, 0.3) is 0 Å². The summed E-state index contributed by atoms with van der Waals surface area (Å²) >= 11 is 5.61. The summed E-state index contributed by atoms with van der Waals surface area (Å²) in [6, 6.07) is 11.9. The number of carbonyl (C=O) groups excluding carboxylic acids is 1. The highest BCUT2D eigenvalue weighted by Gasteiger charge is 2.21. The Hall–Kier alpha value is -2.57. The van der Waals surface area contributed by atoms with Crippen LogP contribution in [-0.2, 0) is 6.54 Å². The predicted octanol–water partition coefficient (Wildman–Crippen LogP) is 3.93. The van der Waals surface area contributed by atoms with Gasteiger partial charge in [-0.15, -0.1) is 11.6 Å². The van der Waals surface area contributed by atoms with Crippen molar-refractivity contribution in [3.8, 4) is 5.75 Å². The quantitative estimate of drug-likeness (QED) is 0.297. The SMILES string of the molecule is C[C@@H]1CN(Cc2ccc(F)cc2)CCN1C=CC(=O)c1ccc(OCCCl)cc1N. The van der Waals surface area contributed by atoms with Crippen LogP contribution in [0.25, 0.3) is 0 Å². The van der Waals surface area contributed by atoms with Gasteiger partial charge in [-0.3, -0.25) is 9.69 Å². The second kappa shape index (κ2) is 10.5. The first-order valence-electron chi connectivity index (χ1n) is 9.99. The summed E-state index contributed by atoms with van der Waals surface area (Å²) in [5.74, 6) is 0.625. The minimum absolute atomic E-state index is 0.141. The number of hydrogen-bond acceptors (Lipinski definition) is 5. The molecule has 1 aliphatic rings. The maximum atomic E-state index is 13.1. The van der Waals surface area contributed by atoms with Crippen LogP contribution in [0.4, 0.5) is 10.1 Å². The van der Waals surface area contributed by atoms with Gasteiger partial charge in [-0.05, 0) is 36.8 Å². The van der Waals surface area contributed by atoms with Crippen LogP contribution in [0.1, 0.15) is 22.8 Å². The summed E-state index contributed by atoms with van der Waals surface area (Å²) in [5, 5.41) is 0. The first kappa shape index (κ1) is 22.1. The molecule has 1 aliphatic heterocycles. The van der Waals surface area contributed by atoms with Crippen LogP contribution in [0.3, 0.4) is 0 Å². The van der Waals surface area contributed by atoms with Gasteiger partial charge in [0.1, 0.15) is 18.2 Å². The summed E-state index contributed by atoms with van der Waals surface area (Å²) in [5.41, 5.74) is 7.95. The maximum Gasteiger partial charge on any atom is 0.189 e. The fraction of sp³-hybridized carbons (Fsp3) is 0.348. The van der Waals surface area contributed by atoms with E-state index in [1.807, 2.05) is 18.3 Å². The van der Waals surface area contributed by atoms with Gasteiger partial charge < -0.3 is 15.4 Å². The number of benzene rings is 2. The second-order valence-electron chi connectivity index (χ2n) is 7.41. The van der Waals surface area contributed by atoms with Gasteiger partial charge >= 0.3 is 0 Å². The Bertz CT molecular complexity index is 889. The summed E-state index contributed by atoms with van der Waals surface area (Å²) in [4.78, 5) is 17.1. The monoisotopic (exact) mass is 431 g/mol. The van der Waals surface area contributed by atoms with Gasteiger partial charge in [0, 0.05) is 61.8 Å². The normalized spacial score (nSPS) is 17.4. The van der Waals surface area contributed by atoms with Crippen LogP contribution in [0.15, 0.2) is 54.7 Å². The van der Waals surface area contributed by atoms with E-state index >= 15 is 0 Å².